The van der Waals surface area contributed by atoms with Crippen LogP contribution in [0, 0.1) is 0 Å². The minimum atomic E-state index is -1.05. The Morgan fingerprint density at radius 3 is 2.82 bits per heavy atom. The molecule has 1 aromatic rings. The van der Waals surface area contributed by atoms with E-state index in [9.17, 15) is 14.7 Å². The van der Waals surface area contributed by atoms with Gasteiger partial charge in [0.2, 0.25) is 5.91 Å². The number of aliphatic hydroxyl groups is 1. The molecule has 2 heterocycles. The lowest BCUT2D eigenvalue weighted by Gasteiger charge is -2.16. The molecule has 0 aliphatic carbocycles. The average molecular weight is 238 g/mol. The van der Waals surface area contributed by atoms with Crippen LogP contribution in [0.2, 0.25) is 0 Å². The predicted octanol–water partition coefficient (Wildman–Crippen LogP) is -0.221. The highest BCUT2D eigenvalue weighted by Crippen LogP contribution is 2.10. The van der Waals surface area contributed by atoms with Crippen LogP contribution < -0.4 is 0 Å². The van der Waals surface area contributed by atoms with Crippen molar-refractivity contribution >= 4 is 11.9 Å². The minimum absolute atomic E-state index is 0.00134. The van der Waals surface area contributed by atoms with Gasteiger partial charge in [-0.3, -0.25) is 4.79 Å². The molecular weight excluding hydrogens is 224 g/mol. The molecule has 1 atom stereocenters. The third-order valence-corrected chi connectivity index (χ3v) is 2.87. The van der Waals surface area contributed by atoms with E-state index in [0.717, 1.165) is 0 Å². The van der Waals surface area contributed by atoms with Gasteiger partial charge in [0, 0.05) is 19.3 Å². The van der Waals surface area contributed by atoms with Gasteiger partial charge in [-0.05, 0) is 18.6 Å². The second-order valence-electron chi connectivity index (χ2n) is 4.11. The molecule has 0 radical (unpaired) electrons. The maximum Gasteiger partial charge on any atom is 0.352 e. The van der Waals surface area contributed by atoms with Crippen molar-refractivity contribution in [3.63, 3.8) is 0 Å². The molecular formula is C11H14N2O4. The van der Waals surface area contributed by atoms with Gasteiger partial charge in [-0.1, -0.05) is 0 Å². The van der Waals surface area contributed by atoms with Gasteiger partial charge in [-0.25, -0.2) is 4.79 Å². The van der Waals surface area contributed by atoms with Crippen molar-refractivity contribution in [1.29, 1.82) is 0 Å². The Morgan fingerprint density at radius 2 is 2.24 bits per heavy atom. The topological polar surface area (TPSA) is 82.8 Å². The van der Waals surface area contributed by atoms with Gasteiger partial charge < -0.3 is 19.7 Å². The molecule has 6 heteroatoms. The zero-order chi connectivity index (χ0) is 12.4. The predicted molar refractivity (Wildman–Crippen MR) is 58.6 cm³/mol. The lowest BCUT2D eigenvalue weighted by Crippen LogP contribution is -2.33. The molecule has 1 unspecified atom stereocenters. The Bertz CT molecular complexity index is 440. The van der Waals surface area contributed by atoms with Crippen LogP contribution in [0.15, 0.2) is 18.3 Å². The lowest BCUT2D eigenvalue weighted by atomic mass is 10.3. The smallest absolute Gasteiger partial charge is 0.352 e. The molecule has 1 aromatic heterocycles. The number of nitrogens with zero attached hydrogens (tertiary/aromatic N) is 2. The van der Waals surface area contributed by atoms with Crippen molar-refractivity contribution in [3.05, 3.63) is 24.0 Å². The molecule has 0 aromatic carbocycles. The highest BCUT2D eigenvalue weighted by atomic mass is 16.4. The van der Waals surface area contributed by atoms with E-state index in [1.807, 2.05) is 0 Å². The maximum atomic E-state index is 11.8. The molecule has 1 amide bonds. The second kappa shape index (κ2) is 4.58. The Balaban J connectivity index is 2.03. The highest BCUT2D eigenvalue weighted by molar-refractivity contribution is 5.87. The van der Waals surface area contributed by atoms with Gasteiger partial charge in [-0.2, -0.15) is 0 Å². The van der Waals surface area contributed by atoms with Crippen LogP contribution in [0.4, 0.5) is 0 Å². The Morgan fingerprint density at radius 1 is 1.47 bits per heavy atom. The van der Waals surface area contributed by atoms with Crippen LogP contribution >= 0.6 is 0 Å². The first-order valence-electron chi connectivity index (χ1n) is 5.42. The monoisotopic (exact) mass is 238 g/mol. The number of carboxylic acid groups (broad SMARTS) is 1. The number of hydrogen-bond donors (Lipinski definition) is 2. The van der Waals surface area contributed by atoms with E-state index >= 15 is 0 Å². The van der Waals surface area contributed by atoms with Crippen molar-refractivity contribution in [2.75, 3.05) is 13.1 Å². The molecule has 6 nitrogen and oxygen atoms in total. The molecule has 2 N–H and O–H groups in total. The largest absolute Gasteiger partial charge is 0.477 e. The molecule has 92 valence electrons. The van der Waals surface area contributed by atoms with Gasteiger partial charge in [-0.15, -0.1) is 0 Å². The van der Waals surface area contributed by atoms with Crippen LogP contribution in [0.3, 0.4) is 0 Å². The standard InChI is InChI=1S/C11H14N2O4/c14-8-3-5-13(6-8)10(15)7-12-4-1-2-9(12)11(16)17/h1-2,4,8,14H,3,5-7H2,(H,16,17). The Hall–Kier alpha value is -1.82. The van der Waals surface area contributed by atoms with Gasteiger partial charge in [0.1, 0.15) is 12.2 Å². The zero-order valence-electron chi connectivity index (χ0n) is 9.24. The van der Waals surface area contributed by atoms with E-state index in [1.54, 1.807) is 17.2 Å². The number of carboxylic acids is 1. The lowest BCUT2D eigenvalue weighted by molar-refractivity contribution is -0.131. The summed E-state index contributed by atoms with van der Waals surface area (Å²) in [7, 11) is 0. The van der Waals surface area contributed by atoms with Gasteiger partial charge in [0.05, 0.1) is 6.10 Å². The second-order valence-corrected chi connectivity index (χ2v) is 4.11. The summed E-state index contributed by atoms with van der Waals surface area (Å²) in [5.41, 5.74) is 0.0955. The number of likely N-dealkylation sites (tertiary alicyclic amines) is 1. The normalized spacial score (nSPS) is 19.6. The fraction of sp³-hybridized carbons (Fsp3) is 0.455. The molecule has 2 rings (SSSR count). The van der Waals surface area contributed by atoms with Crippen molar-refractivity contribution in [2.45, 2.75) is 19.1 Å². The highest BCUT2D eigenvalue weighted by Gasteiger charge is 2.25. The van der Waals surface area contributed by atoms with Crippen LogP contribution in [0.25, 0.3) is 0 Å². The number of aromatic nitrogens is 1. The summed E-state index contributed by atoms with van der Waals surface area (Å²) >= 11 is 0. The van der Waals surface area contributed by atoms with Crippen molar-refractivity contribution in [3.8, 4) is 0 Å². The first-order valence-corrected chi connectivity index (χ1v) is 5.42. The molecule has 1 aliphatic heterocycles. The van der Waals surface area contributed by atoms with E-state index in [1.165, 1.54) is 10.6 Å². The summed E-state index contributed by atoms with van der Waals surface area (Å²) in [6.07, 6.45) is 1.69. The van der Waals surface area contributed by atoms with Gasteiger partial charge in [0.15, 0.2) is 0 Å². The van der Waals surface area contributed by atoms with Crippen LogP contribution in [0.1, 0.15) is 16.9 Å². The third kappa shape index (κ3) is 2.47. The molecule has 0 spiro atoms. The van der Waals surface area contributed by atoms with E-state index in [4.69, 9.17) is 5.11 Å². The van der Waals surface area contributed by atoms with Crippen molar-refractivity contribution in [2.24, 2.45) is 0 Å². The molecule has 0 bridgehead atoms. The minimum Gasteiger partial charge on any atom is -0.477 e. The van der Waals surface area contributed by atoms with E-state index in [0.29, 0.717) is 19.5 Å². The number of rotatable bonds is 3. The first-order chi connectivity index (χ1) is 8.08. The number of carbonyl (C=O) groups excluding carboxylic acids is 1. The Kier molecular flexibility index (Phi) is 3.14. The summed E-state index contributed by atoms with van der Waals surface area (Å²) in [5, 5.41) is 18.2. The zero-order valence-corrected chi connectivity index (χ0v) is 9.24. The number of β-amino-alcohol motifs (C(OH)–C–C–N with tert-alkyl or cyclic N) is 1. The SMILES string of the molecule is O=C(O)c1cccn1CC(=O)N1CCC(O)C1. The number of aliphatic hydroxyl groups excluding tert-OH is 1. The third-order valence-electron chi connectivity index (χ3n) is 2.87. The van der Waals surface area contributed by atoms with E-state index in [-0.39, 0.29) is 18.1 Å². The molecule has 17 heavy (non-hydrogen) atoms. The number of carbonyl (C=O) groups is 2. The fourth-order valence-corrected chi connectivity index (χ4v) is 1.96. The van der Waals surface area contributed by atoms with Gasteiger partial charge in [0.25, 0.3) is 0 Å². The van der Waals surface area contributed by atoms with Gasteiger partial charge >= 0.3 is 5.97 Å². The summed E-state index contributed by atoms with van der Waals surface area (Å²) in [6.45, 7) is 0.869. The molecule has 1 aliphatic rings. The average Bonchev–Trinajstić information content (AvgIpc) is 2.86. The summed E-state index contributed by atoms with van der Waals surface area (Å²) < 4.78 is 1.40. The summed E-state index contributed by atoms with van der Waals surface area (Å²) in [5.74, 6) is -1.22. The van der Waals surface area contributed by atoms with Crippen molar-refractivity contribution in [1.82, 2.24) is 9.47 Å². The Labute approximate surface area is 98.1 Å². The van der Waals surface area contributed by atoms with Crippen LogP contribution in [-0.2, 0) is 11.3 Å². The molecule has 0 saturated carbocycles. The number of hydrogen-bond acceptors (Lipinski definition) is 3. The van der Waals surface area contributed by atoms with Crippen molar-refractivity contribution < 1.29 is 19.8 Å². The quantitative estimate of drug-likeness (QED) is 0.762. The fourth-order valence-electron chi connectivity index (χ4n) is 1.96. The van der Waals surface area contributed by atoms with E-state index < -0.39 is 12.1 Å². The van der Waals surface area contributed by atoms with Crippen LogP contribution in [0.5, 0.6) is 0 Å². The summed E-state index contributed by atoms with van der Waals surface area (Å²) in [6, 6.07) is 3.05. The molecule has 1 fully saturated rings. The number of amides is 1. The molecule has 1 saturated heterocycles. The maximum absolute atomic E-state index is 11.8. The number of aromatic carboxylic acids is 1. The van der Waals surface area contributed by atoms with E-state index in [2.05, 4.69) is 0 Å². The van der Waals surface area contributed by atoms with Crippen LogP contribution in [-0.4, -0.2) is 50.8 Å². The summed E-state index contributed by atoms with van der Waals surface area (Å²) in [4.78, 5) is 24.2. The first kappa shape index (κ1) is 11.7.